The van der Waals surface area contributed by atoms with E-state index in [1.54, 1.807) is 32.1 Å². The van der Waals surface area contributed by atoms with Crippen LogP contribution in [0.25, 0.3) is 6.08 Å². The van der Waals surface area contributed by atoms with Gasteiger partial charge in [-0.3, -0.25) is 9.59 Å². The van der Waals surface area contributed by atoms with Gasteiger partial charge in [-0.25, -0.2) is 4.98 Å². The molecule has 2 N–H and O–H groups in total. The Bertz CT molecular complexity index is 918. The predicted octanol–water partition coefficient (Wildman–Crippen LogP) is 4.11. The summed E-state index contributed by atoms with van der Waals surface area (Å²) in [7, 11) is 0. The summed E-state index contributed by atoms with van der Waals surface area (Å²) < 4.78 is 11.5. The number of carbonyl (C=O) groups is 2. The van der Waals surface area contributed by atoms with Crippen molar-refractivity contribution in [1.29, 1.82) is 0 Å². The number of cyclic esters (lactones) is 1. The van der Waals surface area contributed by atoms with Crippen molar-refractivity contribution >= 4 is 29.2 Å². The number of esters is 1. The lowest BCUT2D eigenvalue weighted by Gasteiger charge is -2.34. The smallest absolute Gasteiger partial charge is 0.309 e. The third-order valence-electron chi connectivity index (χ3n) is 6.52. The number of aryl methyl sites for hydroxylation is 1. The Labute approximate surface area is 206 Å². The number of Topliss-reactive ketones (excluding diaryl/α,β-unsaturated/α-hetero) is 1. The van der Waals surface area contributed by atoms with Gasteiger partial charge in [-0.1, -0.05) is 39.3 Å². The number of hydrogen-bond acceptors (Lipinski definition) is 8. The van der Waals surface area contributed by atoms with Crippen molar-refractivity contribution in [2.75, 3.05) is 13.2 Å². The first kappa shape index (κ1) is 28.4. The summed E-state index contributed by atoms with van der Waals surface area (Å²) in [6.07, 6.45) is 1.29. The van der Waals surface area contributed by atoms with Crippen molar-refractivity contribution < 1.29 is 29.3 Å². The number of aromatic nitrogens is 1. The van der Waals surface area contributed by atoms with E-state index in [9.17, 15) is 19.8 Å². The molecule has 34 heavy (non-hydrogen) atoms. The molecular formula is C26H39NO6S. The maximum atomic E-state index is 13.1. The van der Waals surface area contributed by atoms with Gasteiger partial charge in [0.2, 0.25) is 0 Å². The highest BCUT2D eigenvalue weighted by Gasteiger charge is 2.42. The molecule has 0 spiro atoms. The highest BCUT2D eigenvalue weighted by Crippen LogP contribution is 2.31. The van der Waals surface area contributed by atoms with Gasteiger partial charge in [0.15, 0.2) is 0 Å². The number of aliphatic hydroxyl groups excluding tert-OH is 2. The molecule has 1 aromatic rings. The summed E-state index contributed by atoms with van der Waals surface area (Å²) in [5, 5.41) is 24.4. The summed E-state index contributed by atoms with van der Waals surface area (Å²) in [6, 6.07) is 0. The van der Waals surface area contributed by atoms with Crippen molar-refractivity contribution in [3.05, 3.63) is 33.3 Å². The van der Waals surface area contributed by atoms with Crippen molar-refractivity contribution in [2.45, 2.75) is 79.6 Å². The molecule has 5 atom stereocenters. The molecule has 0 amide bonds. The van der Waals surface area contributed by atoms with Gasteiger partial charge < -0.3 is 19.7 Å². The van der Waals surface area contributed by atoms with Crippen LogP contribution in [0.5, 0.6) is 0 Å². The summed E-state index contributed by atoms with van der Waals surface area (Å²) in [5.41, 5.74) is 1.38. The highest BCUT2D eigenvalue weighted by atomic mass is 32.1. The molecule has 7 nitrogen and oxygen atoms in total. The van der Waals surface area contributed by atoms with Gasteiger partial charge in [-0.05, 0) is 32.4 Å². The molecular weight excluding hydrogens is 454 g/mol. The monoisotopic (exact) mass is 493 g/mol. The third-order valence-corrected chi connectivity index (χ3v) is 7.31. The Hall–Kier alpha value is -1.87. The van der Waals surface area contributed by atoms with Gasteiger partial charge in [0, 0.05) is 23.6 Å². The molecule has 0 fully saturated rings. The fraction of sp³-hybridized carbons (Fsp3) is 0.654. The minimum absolute atomic E-state index is 0.267. The molecule has 1 aromatic heterocycles. The van der Waals surface area contributed by atoms with Gasteiger partial charge in [-0.2, -0.15) is 0 Å². The number of thiazole rings is 1. The van der Waals surface area contributed by atoms with Gasteiger partial charge in [0.1, 0.15) is 11.9 Å². The van der Waals surface area contributed by atoms with E-state index in [-0.39, 0.29) is 18.1 Å². The Morgan fingerprint density at radius 3 is 2.53 bits per heavy atom. The van der Waals surface area contributed by atoms with E-state index in [1.165, 1.54) is 0 Å². The SMILES string of the molecule is C/C1=C/C[C@@H](/C(C)=C/c2csc(C)n2)OC(=O)C[C@H](O)C(C)(C)C(=O)[C@H](C)[C@@H](O)[C@@H](C)COC1. The average molecular weight is 494 g/mol. The van der Waals surface area contributed by atoms with E-state index < -0.39 is 35.6 Å². The van der Waals surface area contributed by atoms with Crippen molar-refractivity contribution in [3.8, 4) is 0 Å². The van der Waals surface area contributed by atoms with Crippen molar-refractivity contribution in [2.24, 2.45) is 17.3 Å². The second-order valence-corrected chi connectivity index (χ2v) is 11.1. The lowest BCUT2D eigenvalue weighted by atomic mass is 9.73. The zero-order valence-electron chi connectivity index (χ0n) is 21.3. The molecule has 0 radical (unpaired) electrons. The van der Waals surface area contributed by atoms with Crippen LogP contribution in [-0.2, 0) is 19.1 Å². The van der Waals surface area contributed by atoms with Crippen LogP contribution >= 0.6 is 11.3 Å². The molecule has 0 saturated carbocycles. The molecule has 0 aromatic carbocycles. The maximum absolute atomic E-state index is 13.1. The first-order valence-electron chi connectivity index (χ1n) is 11.8. The van der Waals surface area contributed by atoms with Gasteiger partial charge >= 0.3 is 5.97 Å². The molecule has 8 heteroatoms. The number of carbonyl (C=O) groups excluding carboxylic acids is 2. The number of nitrogens with zero attached hydrogens (tertiary/aromatic N) is 1. The largest absolute Gasteiger partial charge is 0.457 e. The van der Waals surface area contributed by atoms with E-state index >= 15 is 0 Å². The Morgan fingerprint density at radius 1 is 1.24 bits per heavy atom. The highest BCUT2D eigenvalue weighted by molar-refractivity contribution is 7.09. The predicted molar refractivity (Wildman–Crippen MR) is 133 cm³/mol. The Kier molecular flexibility index (Phi) is 10.2. The standard InChI is InChI=1S/C26H39NO6S/c1-15-8-9-21(16(2)10-20-14-34-19(5)27-20)33-23(29)11-22(28)26(6,7)25(31)18(4)24(30)17(3)13-32-12-15/h8,10,14,17-18,21-22,24,28,30H,9,11-13H2,1-7H3/b15-8-,16-10+/t17-,18+,21-,22-,24-/m0/s1. The average Bonchev–Trinajstić information content (AvgIpc) is 3.18. The van der Waals surface area contributed by atoms with Crippen LogP contribution in [0.4, 0.5) is 0 Å². The summed E-state index contributed by atoms with van der Waals surface area (Å²) >= 11 is 1.55. The van der Waals surface area contributed by atoms with Crippen LogP contribution in [0.2, 0.25) is 0 Å². The second-order valence-electron chi connectivity index (χ2n) is 10.0. The van der Waals surface area contributed by atoms with Crippen LogP contribution in [0, 0.1) is 24.2 Å². The molecule has 0 unspecified atom stereocenters. The van der Waals surface area contributed by atoms with E-state index in [0.717, 1.165) is 21.8 Å². The van der Waals surface area contributed by atoms with Gasteiger partial charge in [0.25, 0.3) is 0 Å². The van der Waals surface area contributed by atoms with E-state index in [4.69, 9.17) is 9.47 Å². The van der Waals surface area contributed by atoms with Crippen LogP contribution in [0.15, 0.2) is 22.6 Å². The molecule has 2 rings (SSSR count). The zero-order chi connectivity index (χ0) is 25.6. The fourth-order valence-electron chi connectivity index (χ4n) is 3.99. The number of ketones is 1. The number of rotatable bonds is 2. The first-order chi connectivity index (χ1) is 15.8. The molecule has 1 aliphatic heterocycles. The summed E-state index contributed by atoms with van der Waals surface area (Å²) in [6.45, 7) is 13.1. The molecule has 2 heterocycles. The van der Waals surface area contributed by atoms with E-state index in [0.29, 0.717) is 19.6 Å². The zero-order valence-corrected chi connectivity index (χ0v) is 22.1. The van der Waals surface area contributed by atoms with Gasteiger partial charge in [0.05, 0.1) is 48.0 Å². The molecule has 0 saturated heterocycles. The number of hydrogen-bond donors (Lipinski definition) is 2. The molecule has 1 aliphatic rings. The lowest BCUT2D eigenvalue weighted by Crippen LogP contribution is -2.46. The lowest BCUT2D eigenvalue weighted by molar-refractivity contribution is -0.154. The molecule has 0 aliphatic carbocycles. The fourth-order valence-corrected chi connectivity index (χ4v) is 4.56. The second kappa shape index (κ2) is 12.2. The minimum atomic E-state index is -1.25. The van der Waals surface area contributed by atoms with Crippen LogP contribution in [-0.4, -0.2) is 58.5 Å². The minimum Gasteiger partial charge on any atom is -0.457 e. The first-order valence-corrected chi connectivity index (χ1v) is 12.6. The quantitative estimate of drug-likeness (QED) is 0.472. The van der Waals surface area contributed by atoms with Crippen molar-refractivity contribution in [3.63, 3.8) is 0 Å². The third kappa shape index (κ3) is 7.57. The van der Waals surface area contributed by atoms with E-state index in [2.05, 4.69) is 4.98 Å². The number of aliphatic hydroxyl groups is 2. The van der Waals surface area contributed by atoms with Crippen LogP contribution in [0.1, 0.15) is 65.1 Å². The normalized spacial score (nSPS) is 32.1. The molecule has 0 bridgehead atoms. The maximum Gasteiger partial charge on any atom is 0.309 e. The van der Waals surface area contributed by atoms with Crippen LogP contribution < -0.4 is 0 Å². The molecule has 190 valence electrons. The summed E-state index contributed by atoms with van der Waals surface area (Å²) in [4.78, 5) is 30.4. The Balaban J connectivity index is 2.33. The van der Waals surface area contributed by atoms with E-state index in [1.807, 2.05) is 45.2 Å². The van der Waals surface area contributed by atoms with Crippen LogP contribution in [0.3, 0.4) is 0 Å². The van der Waals surface area contributed by atoms with Gasteiger partial charge in [-0.15, -0.1) is 11.3 Å². The topological polar surface area (TPSA) is 106 Å². The van der Waals surface area contributed by atoms with Crippen molar-refractivity contribution in [1.82, 2.24) is 4.98 Å². The number of ether oxygens (including phenoxy) is 2. The summed E-state index contributed by atoms with van der Waals surface area (Å²) in [5.74, 6) is -1.88. The Morgan fingerprint density at radius 2 is 1.91 bits per heavy atom.